The van der Waals surface area contributed by atoms with Gasteiger partial charge in [0.15, 0.2) is 0 Å². The van der Waals surface area contributed by atoms with Gasteiger partial charge < -0.3 is 10.4 Å². The lowest BCUT2D eigenvalue weighted by atomic mass is 9.99. The van der Waals surface area contributed by atoms with Crippen LogP contribution in [0.1, 0.15) is 39.0 Å². The maximum atomic E-state index is 11.9. The molecule has 102 valence electrons. The highest BCUT2D eigenvalue weighted by Gasteiger charge is 2.23. The Balaban J connectivity index is 4.48. The van der Waals surface area contributed by atoms with E-state index >= 15 is 0 Å². The van der Waals surface area contributed by atoms with Gasteiger partial charge in [0.25, 0.3) is 0 Å². The molecule has 1 amide bonds. The number of aliphatic carboxylic acids is 1. The minimum atomic E-state index is -0.979. The summed E-state index contributed by atoms with van der Waals surface area (Å²) < 4.78 is 0. The molecule has 0 saturated carbocycles. The molecule has 4 heteroatoms. The number of allylic oxidation sites excluding steroid dienone is 2. The number of unbranched alkanes of at least 4 members (excludes halogenated alkanes) is 1. The first-order valence-electron chi connectivity index (χ1n) is 6.31. The lowest BCUT2D eigenvalue weighted by Gasteiger charge is -2.18. The van der Waals surface area contributed by atoms with Crippen LogP contribution in [-0.4, -0.2) is 23.0 Å². The van der Waals surface area contributed by atoms with E-state index < -0.39 is 12.0 Å². The van der Waals surface area contributed by atoms with Gasteiger partial charge in [0.05, 0.1) is 0 Å². The van der Waals surface area contributed by atoms with Crippen LogP contribution in [-0.2, 0) is 9.59 Å². The van der Waals surface area contributed by atoms with Gasteiger partial charge in [-0.15, -0.1) is 13.2 Å². The molecular weight excluding hydrogens is 230 g/mol. The van der Waals surface area contributed by atoms with Crippen molar-refractivity contribution >= 4 is 11.9 Å². The van der Waals surface area contributed by atoms with E-state index in [1.807, 2.05) is 6.92 Å². The Morgan fingerprint density at radius 3 is 2.22 bits per heavy atom. The summed E-state index contributed by atoms with van der Waals surface area (Å²) in [4.78, 5) is 23.0. The minimum Gasteiger partial charge on any atom is -0.480 e. The number of hydrogen-bond donors (Lipinski definition) is 2. The maximum Gasteiger partial charge on any atom is 0.326 e. The number of amides is 1. The molecule has 0 rings (SSSR count). The van der Waals surface area contributed by atoms with E-state index in [1.54, 1.807) is 12.2 Å². The van der Waals surface area contributed by atoms with Gasteiger partial charge in [-0.05, 0) is 19.3 Å². The first-order chi connectivity index (χ1) is 8.56. The summed E-state index contributed by atoms with van der Waals surface area (Å²) in [6, 6.07) is -0.797. The summed E-state index contributed by atoms with van der Waals surface area (Å²) in [5.74, 6) is -1.49. The van der Waals surface area contributed by atoms with Crippen molar-refractivity contribution in [3.05, 3.63) is 25.3 Å². The fourth-order valence-electron chi connectivity index (χ4n) is 1.67. The van der Waals surface area contributed by atoms with Gasteiger partial charge in [0, 0.05) is 5.92 Å². The van der Waals surface area contributed by atoms with Crippen molar-refractivity contribution in [3.8, 4) is 0 Å². The van der Waals surface area contributed by atoms with Crippen molar-refractivity contribution in [1.82, 2.24) is 5.32 Å². The van der Waals surface area contributed by atoms with Crippen LogP contribution in [0.2, 0.25) is 0 Å². The third kappa shape index (κ3) is 6.23. The van der Waals surface area contributed by atoms with E-state index in [0.29, 0.717) is 19.3 Å². The average Bonchev–Trinajstić information content (AvgIpc) is 2.33. The van der Waals surface area contributed by atoms with Crippen molar-refractivity contribution in [2.75, 3.05) is 0 Å². The van der Waals surface area contributed by atoms with E-state index in [1.165, 1.54) is 0 Å². The van der Waals surface area contributed by atoms with E-state index in [4.69, 9.17) is 5.11 Å². The topological polar surface area (TPSA) is 66.4 Å². The summed E-state index contributed by atoms with van der Waals surface area (Å²) in [6.07, 6.45) is 6.53. The lowest BCUT2D eigenvalue weighted by Crippen LogP contribution is -2.43. The van der Waals surface area contributed by atoms with Gasteiger partial charge in [-0.1, -0.05) is 31.9 Å². The minimum absolute atomic E-state index is 0.238. The fourth-order valence-corrected chi connectivity index (χ4v) is 1.67. The SMILES string of the molecule is C=CCC(CC=C)C(=O)NC(CCCC)C(=O)O. The van der Waals surface area contributed by atoms with Crippen LogP contribution in [0.3, 0.4) is 0 Å². The molecule has 0 saturated heterocycles. The van der Waals surface area contributed by atoms with Crippen LogP contribution in [0.15, 0.2) is 25.3 Å². The number of hydrogen-bond acceptors (Lipinski definition) is 2. The molecule has 1 atom stereocenters. The Morgan fingerprint density at radius 2 is 1.83 bits per heavy atom. The average molecular weight is 253 g/mol. The molecule has 0 aromatic heterocycles. The molecule has 18 heavy (non-hydrogen) atoms. The molecule has 0 radical (unpaired) electrons. The predicted molar refractivity (Wildman–Crippen MR) is 72.2 cm³/mol. The molecule has 0 aliphatic heterocycles. The quantitative estimate of drug-likeness (QED) is 0.588. The molecule has 0 aliphatic carbocycles. The molecule has 0 fully saturated rings. The molecule has 0 aliphatic rings. The van der Waals surface area contributed by atoms with Crippen LogP contribution in [0.25, 0.3) is 0 Å². The number of carboxylic acid groups (broad SMARTS) is 1. The Morgan fingerprint density at radius 1 is 1.28 bits per heavy atom. The molecule has 0 bridgehead atoms. The second-order valence-corrected chi connectivity index (χ2v) is 4.29. The van der Waals surface area contributed by atoms with Crippen molar-refractivity contribution in [1.29, 1.82) is 0 Å². The smallest absolute Gasteiger partial charge is 0.326 e. The Kier molecular flexibility index (Phi) is 8.62. The zero-order valence-electron chi connectivity index (χ0n) is 11.0. The van der Waals surface area contributed by atoms with Crippen molar-refractivity contribution < 1.29 is 14.7 Å². The van der Waals surface area contributed by atoms with Crippen LogP contribution in [0, 0.1) is 5.92 Å². The van der Waals surface area contributed by atoms with Crippen LogP contribution >= 0.6 is 0 Å². The highest BCUT2D eigenvalue weighted by molar-refractivity contribution is 5.85. The highest BCUT2D eigenvalue weighted by Crippen LogP contribution is 2.11. The maximum absolute atomic E-state index is 11.9. The molecule has 0 aromatic rings. The first kappa shape index (κ1) is 16.4. The number of carbonyl (C=O) groups excluding carboxylic acids is 1. The zero-order chi connectivity index (χ0) is 14.0. The lowest BCUT2D eigenvalue weighted by molar-refractivity contribution is -0.142. The van der Waals surface area contributed by atoms with E-state index in [9.17, 15) is 9.59 Å². The van der Waals surface area contributed by atoms with Crippen molar-refractivity contribution in [2.45, 2.75) is 45.1 Å². The molecule has 2 N–H and O–H groups in total. The molecule has 1 unspecified atom stereocenters. The number of carboxylic acids is 1. The number of rotatable bonds is 10. The third-order valence-corrected chi connectivity index (χ3v) is 2.73. The standard InChI is InChI=1S/C14H23NO3/c1-4-7-10-12(14(17)18)15-13(16)11(8-5-2)9-6-3/h5-6,11-12H,2-4,7-10H2,1H3,(H,15,16)(H,17,18). The van der Waals surface area contributed by atoms with E-state index in [0.717, 1.165) is 12.8 Å². The largest absolute Gasteiger partial charge is 0.480 e. The Labute approximate surface area is 109 Å². The first-order valence-corrected chi connectivity index (χ1v) is 6.31. The van der Waals surface area contributed by atoms with Crippen LogP contribution < -0.4 is 5.32 Å². The van der Waals surface area contributed by atoms with Gasteiger partial charge in [0.2, 0.25) is 5.91 Å². The molecule has 0 heterocycles. The van der Waals surface area contributed by atoms with Crippen molar-refractivity contribution in [3.63, 3.8) is 0 Å². The summed E-state index contributed by atoms with van der Waals surface area (Å²) in [5.41, 5.74) is 0. The summed E-state index contributed by atoms with van der Waals surface area (Å²) in [6.45, 7) is 9.18. The zero-order valence-corrected chi connectivity index (χ0v) is 11.0. The van der Waals surface area contributed by atoms with Gasteiger partial charge in [-0.2, -0.15) is 0 Å². The monoisotopic (exact) mass is 253 g/mol. The van der Waals surface area contributed by atoms with Gasteiger partial charge in [-0.25, -0.2) is 4.79 Å². The van der Waals surface area contributed by atoms with Crippen LogP contribution in [0.4, 0.5) is 0 Å². The van der Waals surface area contributed by atoms with Gasteiger partial charge in [0.1, 0.15) is 6.04 Å². The van der Waals surface area contributed by atoms with E-state index in [2.05, 4.69) is 18.5 Å². The number of nitrogens with one attached hydrogen (secondary N) is 1. The molecule has 0 spiro atoms. The molecule has 4 nitrogen and oxygen atoms in total. The second-order valence-electron chi connectivity index (χ2n) is 4.29. The normalized spacial score (nSPS) is 11.9. The highest BCUT2D eigenvalue weighted by atomic mass is 16.4. The second kappa shape index (κ2) is 9.45. The van der Waals surface area contributed by atoms with Crippen LogP contribution in [0.5, 0.6) is 0 Å². The Bertz CT molecular complexity index is 289. The van der Waals surface area contributed by atoms with Gasteiger partial charge in [-0.3, -0.25) is 4.79 Å². The molecular formula is C14H23NO3. The van der Waals surface area contributed by atoms with Crippen molar-refractivity contribution in [2.24, 2.45) is 5.92 Å². The predicted octanol–water partition coefficient (Wildman–Crippen LogP) is 2.51. The van der Waals surface area contributed by atoms with Gasteiger partial charge >= 0.3 is 5.97 Å². The van der Waals surface area contributed by atoms with E-state index in [-0.39, 0.29) is 11.8 Å². The summed E-state index contributed by atoms with van der Waals surface area (Å²) in [5, 5.41) is 11.6. The Hall–Kier alpha value is -1.58. The summed E-state index contributed by atoms with van der Waals surface area (Å²) in [7, 11) is 0. The summed E-state index contributed by atoms with van der Waals surface area (Å²) >= 11 is 0. The molecule has 0 aromatic carbocycles. The third-order valence-electron chi connectivity index (χ3n) is 2.73. The fraction of sp³-hybridized carbons (Fsp3) is 0.571. The number of carbonyl (C=O) groups is 2.